The molecule has 0 aliphatic heterocycles. The summed E-state index contributed by atoms with van der Waals surface area (Å²) in [4.78, 5) is 12.4. The number of fused-ring (bicyclic) bond motifs is 1. The number of allylic oxidation sites excluding steroid dienone is 1. The highest BCUT2D eigenvalue weighted by Crippen LogP contribution is 2.44. The van der Waals surface area contributed by atoms with Crippen LogP contribution >= 0.6 is 0 Å². The molecule has 0 amide bonds. The SMILES string of the molecule is C=CCc1c(C)c(OC)c2c(c1OC)C(=O)C(C)C2. The molecule has 3 heteroatoms. The van der Waals surface area contributed by atoms with Gasteiger partial charge in [0.15, 0.2) is 5.78 Å². The Morgan fingerprint density at radius 2 is 1.95 bits per heavy atom. The van der Waals surface area contributed by atoms with Gasteiger partial charge >= 0.3 is 0 Å². The normalized spacial score (nSPS) is 17.3. The van der Waals surface area contributed by atoms with E-state index < -0.39 is 0 Å². The first kappa shape index (κ1) is 13.7. The van der Waals surface area contributed by atoms with Gasteiger partial charge in [-0.3, -0.25) is 4.79 Å². The first-order valence-corrected chi connectivity index (χ1v) is 6.48. The molecular weight excluding hydrogens is 240 g/mol. The fourth-order valence-electron chi connectivity index (χ4n) is 2.93. The molecule has 1 aliphatic rings. The standard InChI is InChI=1S/C16H20O3/c1-6-7-11-10(3)15(18-4)12-8-9(2)14(17)13(12)16(11)19-5/h6,9H,1,7-8H2,2-5H3. The van der Waals surface area contributed by atoms with E-state index >= 15 is 0 Å². The Morgan fingerprint density at radius 3 is 2.47 bits per heavy atom. The lowest BCUT2D eigenvalue weighted by Gasteiger charge is -2.18. The van der Waals surface area contributed by atoms with Crippen LogP contribution in [0.4, 0.5) is 0 Å². The lowest BCUT2D eigenvalue weighted by molar-refractivity contribution is 0.0943. The summed E-state index contributed by atoms with van der Waals surface area (Å²) < 4.78 is 11.0. The van der Waals surface area contributed by atoms with Crippen molar-refractivity contribution in [2.75, 3.05) is 14.2 Å². The average Bonchev–Trinajstić information content (AvgIpc) is 2.68. The Morgan fingerprint density at radius 1 is 1.32 bits per heavy atom. The number of ketones is 1. The lowest BCUT2D eigenvalue weighted by atomic mass is 9.95. The second-order valence-electron chi connectivity index (χ2n) is 4.99. The monoisotopic (exact) mass is 260 g/mol. The van der Waals surface area contributed by atoms with E-state index in [-0.39, 0.29) is 11.7 Å². The maximum absolute atomic E-state index is 12.4. The van der Waals surface area contributed by atoms with E-state index in [2.05, 4.69) is 6.58 Å². The van der Waals surface area contributed by atoms with Gasteiger partial charge in [-0.05, 0) is 25.3 Å². The molecule has 2 rings (SSSR count). The summed E-state index contributed by atoms with van der Waals surface area (Å²) >= 11 is 0. The van der Waals surface area contributed by atoms with E-state index in [4.69, 9.17) is 9.47 Å². The number of rotatable bonds is 4. The maximum atomic E-state index is 12.4. The molecule has 1 atom stereocenters. The zero-order valence-electron chi connectivity index (χ0n) is 12.0. The largest absolute Gasteiger partial charge is 0.496 e. The zero-order chi connectivity index (χ0) is 14.2. The van der Waals surface area contributed by atoms with Crippen LogP contribution < -0.4 is 9.47 Å². The predicted octanol–water partition coefficient (Wildman–Crippen LogP) is 3.12. The van der Waals surface area contributed by atoms with Crippen molar-refractivity contribution in [2.45, 2.75) is 26.7 Å². The quantitative estimate of drug-likeness (QED) is 0.780. The zero-order valence-corrected chi connectivity index (χ0v) is 12.0. The van der Waals surface area contributed by atoms with Gasteiger partial charge in [0.1, 0.15) is 11.5 Å². The second-order valence-corrected chi connectivity index (χ2v) is 4.99. The minimum Gasteiger partial charge on any atom is -0.496 e. The van der Waals surface area contributed by atoms with Gasteiger partial charge < -0.3 is 9.47 Å². The number of carbonyl (C=O) groups is 1. The van der Waals surface area contributed by atoms with Gasteiger partial charge in [-0.25, -0.2) is 0 Å². The Kier molecular flexibility index (Phi) is 3.65. The predicted molar refractivity (Wildman–Crippen MR) is 75.4 cm³/mol. The number of ether oxygens (including phenoxy) is 2. The number of benzene rings is 1. The van der Waals surface area contributed by atoms with Crippen molar-refractivity contribution < 1.29 is 14.3 Å². The third kappa shape index (κ3) is 1.93. The molecule has 102 valence electrons. The molecule has 1 aromatic carbocycles. The van der Waals surface area contributed by atoms with Gasteiger partial charge in [0.2, 0.25) is 0 Å². The first-order chi connectivity index (χ1) is 9.06. The van der Waals surface area contributed by atoms with Gasteiger partial charge in [-0.2, -0.15) is 0 Å². The molecule has 19 heavy (non-hydrogen) atoms. The molecule has 0 spiro atoms. The number of methoxy groups -OCH3 is 2. The van der Waals surface area contributed by atoms with Crippen LogP contribution in [0.1, 0.15) is 34.0 Å². The topological polar surface area (TPSA) is 35.5 Å². The van der Waals surface area contributed by atoms with Gasteiger partial charge in [0.05, 0.1) is 19.8 Å². The van der Waals surface area contributed by atoms with Crippen molar-refractivity contribution in [1.82, 2.24) is 0 Å². The molecular formula is C16H20O3. The highest BCUT2D eigenvalue weighted by molar-refractivity contribution is 6.06. The summed E-state index contributed by atoms with van der Waals surface area (Å²) in [5.41, 5.74) is 3.73. The third-order valence-corrected chi connectivity index (χ3v) is 3.83. The molecule has 0 radical (unpaired) electrons. The van der Waals surface area contributed by atoms with Crippen molar-refractivity contribution in [3.05, 3.63) is 34.9 Å². The van der Waals surface area contributed by atoms with Gasteiger partial charge in [-0.15, -0.1) is 6.58 Å². The summed E-state index contributed by atoms with van der Waals surface area (Å²) in [6.45, 7) is 7.73. The fourth-order valence-corrected chi connectivity index (χ4v) is 2.93. The molecule has 3 nitrogen and oxygen atoms in total. The van der Waals surface area contributed by atoms with Crippen molar-refractivity contribution in [2.24, 2.45) is 5.92 Å². The van der Waals surface area contributed by atoms with E-state index in [9.17, 15) is 4.79 Å². The average molecular weight is 260 g/mol. The molecule has 0 fully saturated rings. The van der Waals surface area contributed by atoms with Crippen LogP contribution in [0.5, 0.6) is 11.5 Å². The van der Waals surface area contributed by atoms with Crippen LogP contribution in [0.15, 0.2) is 12.7 Å². The molecule has 0 N–H and O–H groups in total. The highest BCUT2D eigenvalue weighted by atomic mass is 16.5. The molecule has 0 saturated heterocycles. The van der Waals surface area contributed by atoms with Crippen LogP contribution in [-0.4, -0.2) is 20.0 Å². The Labute approximate surface area is 114 Å². The summed E-state index contributed by atoms with van der Waals surface area (Å²) in [6, 6.07) is 0. The summed E-state index contributed by atoms with van der Waals surface area (Å²) in [5, 5.41) is 0. The lowest BCUT2D eigenvalue weighted by Crippen LogP contribution is -2.07. The van der Waals surface area contributed by atoms with Crippen molar-refractivity contribution in [3.8, 4) is 11.5 Å². The van der Waals surface area contributed by atoms with Gasteiger partial charge in [0, 0.05) is 17.0 Å². The smallest absolute Gasteiger partial charge is 0.170 e. The Balaban J connectivity index is 2.80. The summed E-state index contributed by atoms with van der Waals surface area (Å²) in [5.74, 6) is 1.67. The Hall–Kier alpha value is -1.77. The molecule has 0 aromatic heterocycles. The molecule has 1 aromatic rings. The molecule has 1 aliphatic carbocycles. The van der Waals surface area contributed by atoms with Crippen LogP contribution in [0.3, 0.4) is 0 Å². The maximum Gasteiger partial charge on any atom is 0.170 e. The minimum absolute atomic E-state index is 0.00354. The van der Waals surface area contributed by atoms with Crippen molar-refractivity contribution >= 4 is 5.78 Å². The number of Topliss-reactive ketones (excluding diaryl/α,β-unsaturated/α-hetero) is 1. The third-order valence-electron chi connectivity index (χ3n) is 3.83. The number of carbonyl (C=O) groups excluding carboxylic acids is 1. The fraction of sp³-hybridized carbons (Fsp3) is 0.438. The summed E-state index contributed by atoms with van der Waals surface area (Å²) in [7, 11) is 3.27. The van der Waals surface area contributed by atoms with Crippen LogP contribution in [0.25, 0.3) is 0 Å². The van der Waals surface area contributed by atoms with E-state index in [1.54, 1.807) is 14.2 Å². The van der Waals surface area contributed by atoms with Crippen LogP contribution in [-0.2, 0) is 12.8 Å². The van der Waals surface area contributed by atoms with E-state index in [0.29, 0.717) is 17.7 Å². The Bertz CT molecular complexity index is 544. The second kappa shape index (κ2) is 5.08. The van der Waals surface area contributed by atoms with Crippen molar-refractivity contribution in [1.29, 1.82) is 0 Å². The van der Waals surface area contributed by atoms with E-state index in [1.807, 2.05) is 19.9 Å². The van der Waals surface area contributed by atoms with Crippen molar-refractivity contribution in [3.63, 3.8) is 0 Å². The van der Waals surface area contributed by atoms with Crippen LogP contribution in [0.2, 0.25) is 0 Å². The van der Waals surface area contributed by atoms with Crippen LogP contribution in [0, 0.1) is 12.8 Å². The molecule has 0 saturated carbocycles. The van der Waals surface area contributed by atoms with Gasteiger partial charge in [-0.1, -0.05) is 13.0 Å². The molecule has 0 bridgehead atoms. The molecule has 1 unspecified atom stereocenters. The van der Waals surface area contributed by atoms with E-state index in [1.165, 1.54) is 0 Å². The van der Waals surface area contributed by atoms with E-state index in [0.717, 1.165) is 28.9 Å². The first-order valence-electron chi connectivity index (χ1n) is 6.48. The highest BCUT2D eigenvalue weighted by Gasteiger charge is 2.35. The molecule has 0 heterocycles. The van der Waals surface area contributed by atoms with Gasteiger partial charge in [0.25, 0.3) is 0 Å². The summed E-state index contributed by atoms with van der Waals surface area (Å²) in [6.07, 6.45) is 3.21. The number of hydrogen-bond donors (Lipinski definition) is 0. The number of hydrogen-bond acceptors (Lipinski definition) is 3. The minimum atomic E-state index is -0.00354.